The molecule has 0 aliphatic rings. The highest BCUT2D eigenvalue weighted by Gasteiger charge is 2.09. The van der Waals surface area contributed by atoms with Gasteiger partial charge in [0, 0.05) is 36.4 Å². The molecule has 3 rings (SSSR count). The molecule has 0 aromatic carbocycles. The van der Waals surface area contributed by atoms with E-state index in [4.69, 9.17) is 0 Å². The Labute approximate surface area is 132 Å². The van der Waals surface area contributed by atoms with Crippen molar-refractivity contribution in [3.8, 4) is 11.3 Å². The van der Waals surface area contributed by atoms with Gasteiger partial charge in [0.05, 0.1) is 0 Å². The highest BCUT2D eigenvalue weighted by Crippen LogP contribution is 2.21. The number of nitrogens with one attached hydrogen (secondary N) is 1. The molecule has 116 valence electrons. The lowest BCUT2D eigenvalue weighted by Gasteiger charge is -2.08. The van der Waals surface area contributed by atoms with Crippen LogP contribution in [0.15, 0.2) is 48.9 Å². The van der Waals surface area contributed by atoms with Crippen LogP contribution in [0.1, 0.15) is 11.3 Å². The topological polar surface area (TPSA) is 50.7 Å². The summed E-state index contributed by atoms with van der Waals surface area (Å²) in [5.74, 6) is -0.761. The Hall–Kier alpha value is -2.89. The van der Waals surface area contributed by atoms with Crippen LogP contribution in [0.3, 0.4) is 0 Å². The van der Waals surface area contributed by atoms with Gasteiger partial charge in [-0.1, -0.05) is 0 Å². The molecule has 0 atom stereocenters. The van der Waals surface area contributed by atoms with Gasteiger partial charge >= 0.3 is 0 Å². The maximum Gasteiger partial charge on any atom is 0.165 e. The number of aromatic nitrogens is 3. The van der Waals surface area contributed by atoms with Gasteiger partial charge in [-0.05, 0) is 42.8 Å². The first kappa shape index (κ1) is 15.0. The third-order valence-corrected chi connectivity index (χ3v) is 3.29. The third kappa shape index (κ3) is 3.48. The molecule has 0 unspecified atom stereocenters. The van der Waals surface area contributed by atoms with Gasteiger partial charge in [0.25, 0.3) is 0 Å². The van der Waals surface area contributed by atoms with E-state index >= 15 is 0 Å². The first-order chi connectivity index (χ1) is 11.1. The minimum Gasteiger partial charge on any atom is -0.364 e. The zero-order valence-corrected chi connectivity index (χ0v) is 12.4. The number of pyridine rings is 3. The molecule has 0 aliphatic carbocycles. The quantitative estimate of drug-likeness (QED) is 0.797. The summed E-state index contributed by atoms with van der Waals surface area (Å²) in [6, 6.07) is 7.68. The van der Waals surface area contributed by atoms with Crippen molar-refractivity contribution in [1.29, 1.82) is 0 Å². The van der Waals surface area contributed by atoms with E-state index in [1.807, 2.05) is 6.92 Å². The molecule has 0 saturated carbocycles. The Bertz CT molecular complexity index is 836. The standard InChI is InChI=1S/C17H14F2N4/c1-11-7-13(4-6-20-11)16-15(19)8-12(9-22-16)10-23-17-14(18)3-2-5-21-17/h2-9H,10H2,1H3,(H,21,23). The van der Waals surface area contributed by atoms with Crippen molar-refractivity contribution < 1.29 is 8.78 Å². The van der Waals surface area contributed by atoms with E-state index in [0.717, 1.165) is 5.69 Å². The number of hydrogen-bond donors (Lipinski definition) is 1. The largest absolute Gasteiger partial charge is 0.364 e. The van der Waals surface area contributed by atoms with Gasteiger partial charge in [0.15, 0.2) is 11.6 Å². The fourth-order valence-electron chi connectivity index (χ4n) is 2.18. The Morgan fingerprint density at radius 1 is 1.00 bits per heavy atom. The number of halogens is 2. The van der Waals surface area contributed by atoms with E-state index in [9.17, 15) is 8.78 Å². The maximum atomic E-state index is 14.3. The van der Waals surface area contributed by atoms with Gasteiger partial charge < -0.3 is 5.32 Å². The molecule has 0 amide bonds. The van der Waals surface area contributed by atoms with Crippen LogP contribution in [0.5, 0.6) is 0 Å². The Morgan fingerprint density at radius 2 is 1.87 bits per heavy atom. The van der Waals surface area contributed by atoms with Crippen LogP contribution in [0, 0.1) is 18.6 Å². The van der Waals surface area contributed by atoms with Gasteiger partial charge in [-0.3, -0.25) is 9.97 Å². The van der Waals surface area contributed by atoms with Crippen molar-refractivity contribution in [3.63, 3.8) is 0 Å². The van der Waals surface area contributed by atoms with Gasteiger partial charge in [-0.2, -0.15) is 0 Å². The molecule has 3 aromatic rings. The first-order valence-electron chi connectivity index (χ1n) is 7.05. The second-order valence-corrected chi connectivity index (χ2v) is 5.05. The summed E-state index contributed by atoms with van der Waals surface area (Å²) in [5.41, 5.74) is 2.33. The van der Waals surface area contributed by atoms with E-state index in [1.165, 1.54) is 24.4 Å². The zero-order valence-electron chi connectivity index (χ0n) is 12.4. The number of nitrogens with zero attached hydrogens (tertiary/aromatic N) is 3. The summed E-state index contributed by atoms with van der Waals surface area (Å²) in [7, 11) is 0. The molecule has 3 heterocycles. The van der Waals surface area contributed by atoms with Gasteiger partial charge in [-0.15, -0.1) is 0 Å². The summed E-state index contributed by atoms with van der Waals surface area (Å²) in [5, 5.41) is 2.82. The molecule has 4 nitrogen and oxygen atoms in total. The first-order valence-corrected chi connectivity index (χ1v) is 7.05. The predicted octanol–water partition coefficient (Wildman–Crippen LogP) is 3.74. The number of rotatable bonds is 4. The van der Waals surface area contributed by atoms with Crippen molar-refractivity contribution in [2.24, 2.45) is 0 Å². The maximum absolute atomic E-state index is 14.3. The van der Waals surface area contributed by atoms with Crippen molar-refractivity contribution in [2.45, 2.75) is 13.5 Å². The summed E-state index contributed by atoms with van der Waals surface area (Å²) < 4.78 is 27.7. The molecule has 0 aliphatic heterocycles. The van der Waals surface area contributed by atoms with Crippen LogP contribution in [0.4, 0.5) is 14.6 Å². The molecule has 0 fully saturated rings. The van der Waals surface area contributed by atoms with E-state index in [-0.39, 0.29) is 18.1 Å². The monoisotopic (exact) mass is 312 g/mol. The van der Waals surface area contributed by atoms with Crippen molar-refractivity contribution in [2.75, 3.05) is 5.32 Å². The van der Waals surface area contributed by atoms with Crippen molar-refractivity contribution in [3.05, 3.63) is 71.8 Å². The lowest BCUT2D eigenvalue weighted by Crippen LogP contribution is -2.04. The Morgan fingerprint density at radius 3 is 2.61 bits per heavy atom. The third-order valence-electron chi connectivity index (χ3n) is 3.29. The van der Waals surface area contributed by atoms with Crippen molar-refractivity contribution >= 4 is 5.82 Å². The van der Waals surface area contributed by atoms with E-state index < -0.39 is 11.6 Å². The average molecular weight is 312 g/mol. The molecule has 0 bridgehead atoms. The molecule has 6 heteroatoms. The lowest BCUT2D eigenvalue weighted by atomic mass is 10.1. The molecule has 1 N–H and O–H groups in total. The molecular formula is C17H14F2N4. The molecule has 3 aromatic heterocycles. The SMILES string of the molecule is Cc1cc(-c2ncc(CNc3ncccc3F)cc2F)ccn1. The Balaban J connectivity index is 1.78. The minimum atomic E-state index is -0.454. The van der Waals surface area contributed by atoms with Gasteiger partial charge in [0.1, 0.15) is 11.5 Å². The Kier molecular flexibility index (Phi) is 4.23. The highest BCUT2D eigenvalue weighted by atomic mass is 19.1. The average Bonchev–Trinajstić information content (AvgIpc) is 2.54. The van der Waals surface area contributed by atoms with Gasteiger partial charge in [0.2, 0.25) is 0 Å². The second kappa shape index (κ2) is 6.48. The minimum absolute atomic E-state index is 0.127. The van der Waals surface area contributed by atoms with E-state index in [2.05, 4.69) is 20.3 Å². The lowest BCUT2D eigenvalue weighted by molar-refractivity contribution is 0.621. The van der Waals surface area contributed by atoms with Crippen LogP contribution in [-0.4, -0.2) is 15.0 Å². The normalized spacial score (nSPS) is 10.6. The molecule has 0 radical (unpaired) electrons. The van der Waals surface area contributed by atoms with Crippen LogP contribution in [0.2, 0.25) is 0 Å². The highest BCUT2D eigenvalue weighted by molar-refractivity contribution is 5.59. The summed E-state index contributed by atoms with van der Waals surface area (Å²) in [4.78, 5) is 12.1. The van der Waals surface area contributed by atoms with Crippen molar-refractivity contribution in [1.82, 2.24) is 15.0 Å². The summed E-state index contributed by atoms with van der Waals surface area (Å²) in [6.45, 7) is 2.06. The van der Waals surface area contributed by atoms with Crippen LogP contribution in [-0.2, 0) is 6.54 Å². The van der Waals surface area contributed by atoms with Crippen LogP contribution < -0.4 is 5.32 Å². The number of anilines is 1. The molecule has 23 heavy (non-hydrogen) atoms. The predicted molar refractivity (Wildman–Crippen MR) is 83.7 cm³/mol. The fourth-order valence-corrected chi connectivity index (χ4v) is 2.18. The molecule has 0 saturated heterocycles. The van der Waals surface area contributed by atoms with Crippen LogP contribution >= 0.6 is 0 Å². The molecule has 0 spiro atoms. The van der Waals surface area contributed by atoms with Crippen LogP contribution in [0.25, 0.3) is 11.3 Å². The number of aryl methyl sites for hydroxylation is 1. The summed E-state index contributed by atoms with van der Waals surface area (Å²) >= 11 is 0. The zero-order chi connectivity index (χ0) is 16.2. The smallest absolute Gasteiger partial charge is 0.165 e. The second-order valence-electron chi connectivity index (χ2n) is 5.05. The fraction of sp³-hybridized carbons (Fsp3) is 0.118. The van der Waals surface area contributed by atoms with E-state index in [0.29, 0.717) is 11.1 Å². The van der Waals surface area contributed by atoms with E-state index in [1.54, 1.807) is 24.5 Å². The molecular weight excluding hydrogens is 298 g/mol. The van der Waals surface area contributed by atoms with Gasteiger partial charge in [-0.25, -0.2) is 13.8 Å². The number of hydrogen-bond acceptors (Lipinski definition) is 4. The summed E-state index contributed by atoms with van der Waals surface area (Å²) in [6.07, 6.45) is 4.66.